The molecule has 2 heterocycles. The van der Waals surface area contributed by atoms with Gasteiger partial charge >= 0.3 is 6.36 Å². The van der Waals surface area contributed by atoms with Crippen LogP contribution in [0.5, 0.6) is 5.75 Å². The summed E-state index contributed by atoms with van der Waals surface area (Å²) >= 11 is 1.38. The summed E-state index contributed by atoms with van der Waals surface area (Å²) in [7, 11) is 0. The number of aromatic nitrogens is 1. The molecule has 0 atom stereocenters. The molecular formula is C23H16F4N2O3S. The second kappa shape index (κ2) is 8.70. The van der Waals surface area contributed by atoms with Crippen molar-refractivity contribution in [1.82, 2.24) is 5.16 Å². The number of aryl methyl sites for hydroxylation is 1. The van der Waals surface area contributed by atoms with E-state index in [1.165, 1.54) is 48.6 Å². The summed E-state index contributed by atoms with van der Waals surface area (Å²) in [4.78, 5) is 13.4. The van der Waals surface area contributed by atoms with Gasteiger partial charge < -0.3 is 15.0 Å². The molecule has 1 amide bonds. The van der Waals surface area contributed by atoms with E-state index < -0.39 is 18.1 Å². The van der Waals surface area contributed by atoms with Crippen molar-refractivity contribution in [3.05, 3.63) is 82.3 Å². The first kappa shape index (κ1) is 22.5. The number of primary amides is 1. The van der Waals surface area contributed by atoms with Crippen LogP contribution in [0.1, 0.15) is 26.7 Å². The predicted molar refractivity (Wildman–Crippen MR) is 114 cm³/mol. The monoisotopic (exact) mass is 476 g/mol. The zero-order valence-electron chi connectivity index (χ0n) is 17.1. The number of nitrogens with zero attached hydrogens (tertiary/aromatic N) is 1. The molecule has 4 rings (SSSR count). The standard InChI is InChI=1S/C23H16F4N2O3S/c1-12-10-13(6-8-18(12)31-23(25,26)27)19-9-7-14(33-19)11-17-20(21(22(28)30)32-29-17)15-4-2-3-5-16(15)24/h2-10H,11H2,1H3,(H2,28,30). The van der Waals surface area contributed by atoms with Crippen molar-refractivity contribution in [2.45, 2.75) is 19.7 Å². The van der Waals surface area contributed by atoms with Gasteiger partial charge in [0, 0.05) is 21.7 Å². The fourth-order valence-electron chi connectivity index (χ4n) is 3.39. The number of rotatable bonds is 6. The average molecular weight is 476 g/mol. The maximum Gasteiger partial charge on any atom is 0.573 e. The summed E-state index contributed by atoms with van der Waals surface area (Å²) in [6.45, 7) is 1.53. The fraction of sp³-hybridized carbons (Fsp3) is 0.130. The Hall–Kier alpha value is -3.66. The quantitative estimate of drug-likeness (QED) is 0.341. The lowest BCUT2D eigenvalue weighted by Crippen LogP contribution is -2.17. The average Bonchev–Trinajstić information content (AvgIpc) is 3.37. The number of nitrogens with two attached hydrogens (primary N) is 1. The minimum Gasteiger partial charge on any atom is -0.406 e. The van der Waals surface area contributed by atoms with Crippen molar-refractivity contribution in [1.29, 1.82) is 0 Å². The van der Waals surface area contributed by atoms with Crippen LogP contribution >= 0.6 is 11.3 Å². The third kappa shape index (κ3) is 4.90. The normalized spacial score (nSPS) is 11.5. The van der Waals surface area contributed by atoms with Crippen LogP contribution in [-0.4, -0.2) is 17.4 Å². The van der Waals surface area contributed by atoms with Crippen LogP contribution in [0.25, 0.3) is 21.6 Å². The first-order valence-electron chi connectivity index (χ1n) is 9.61. The van der Waals surface area contributed by atoms with E-state index in [1.54, 1.807) is 12.1 Å². The minimum atomic E-state index is -4.76. The van der Waals surface area contributed by atoms with E-state index in [1.807, 2.05) is 12.1 Å². The van der Waals surface area contributed by atoms with E-state index in [9.17, 15) is 22.4 Å². The molecule has 2 N–H and O–H groups in total. The van der Waals surface area contributed by atoms with Crippen molar-refractivity contribution in [3.63, 3.8) is 0 Å². The second-order valence-corrected chi connectivity index (χ2v) is 8.32. The van der Waals surface area contributed by atoms with E-state index >= 15 is 0 Å². The summed E-state index contributed by atoms with van der Waals surface area (Å²) in [5.41, 5.74) is 7.11. The maximum absolute atomic E-state index is 14.4. The smallest absolute Gasteiger partial charge is 0.406 e. The van der Waals surface area contributed by atoms with Crippen LogP contribution in [0.15, 0.2) is 59.1 Å². The first-order chi connectivity index (χ1) is 15.6. The molecule has 4 aromatic rings. The highest BCUT2D eigenvalue weighted by Gasteiger charge is 2.31. The lowest BCUT2D eigenvalue weighted by atomic mass is 10.0. The molecule has 0 saturated heterocycles. The molecule has 0 unspecified atom stereocenters. The van der Waals surface area contributed by atoms with E-state index in [0.717, 1.165) is 9.75 Å². The number of ether oxygens (including phenoxy) is 1. The zero-order chi connectivity index (χ0) is 23.8. The molecular weight excluding hydrogens is 460 g/mol. The highest BCUT2D eigenvalue weighted by atomic mass is 32.1. The number of amides is 1. The SMILES string of the molecule is Cc1cc(-c2ccc(Cc3noc(C(N)=O)c3-c3ccccc3F)s2)ccc1OC(F)(F)F. The number of alkyl halides is 3. The Morgan fingerprint density at radius 2 is 1.91 bits per heavy atom. The number of halogens is 4. The molecule has 0 saturated carbocycles. The van der Waals surface area contributed by atoms with Gasteiger partial charge in [-0.1, -0.05) is 23.4 Å². The summed E-state index contributed by atoms with van der Waals surface area (Å²) in [5, 5.41) is 3.93. The third-order valence-electron chi connectivity index (χ3n) is 4.82. The van der Waals surface area contributed by atoms with Crippen LogP contribution < -0.4 is 10.5 Å². The Morgan fingerprint density at radius 1 is 1.15 bits per heavy atom. The molecule has 0 aliphatic carbocycles. The van der Waals surface area contributed by atoms with Gasteiger partial charge in [0.2, 0.25) is 5.76 Å². The summed E-state index contributed by atoms with van der Waals surface area (Å²) < 4.78 is 61.0. The molecule has 5 nitrogen and oxygen atoms in total. The summed E-state index contributed by atoms with van der Waals surface area (Å²) in [6.07, 6.45) is -4.53. The topological polar surface area (TPSA) is 78.4 Å². The molecule has 0 spiro atoms. The number of benzene rings is 2. The lowest BCUT2D eigenvalue weighted by molar-refractivity contribution is -0.274. The molecule has 0 aliphatic rings. The summed E-state index contributed by atoms with van der Waals surface area (Å²) in [5.74, 6) is -1.91. The van der Waals surface area contributed by atoms with Crippen LogP contribution in [0.3, 0.4) is 0 Å². The lowest BCUT2D eigenvalue weighted by Gasteiger charge is -2.12. The van der Waals surface area contributed by atoms with Gasteiger partial charge in [0.1, 0.15) is 11.6 Å². The maximum atomic E-state index is 14.4. The third-order valence-corrected chi connectivity index (χ3v) is 5.95. The van der Waals surface area contributed by atoms with Gasteiger partial charge in [-0.25, -0.2) is 4.39 Å². The molecule has 0 radical (unpaired) electrons. The molecule has 0 fully saturated rings. The van der Waals surface area contributed by atoms with Crippen molar-refractivity contribution < 1.29 is 31.6 Å². The largest absolute Gasteiger partial charge is 0.573 e. The van der Waals surface area contributed by atoms with E-state index in [4.69, 9.17) is 10.3 Å². The van der Waals surface area contributed by atoms with Crippen LogP contribution in [0, 0.1) is 12.7 Å². The Labute approximate surface area is 189 Å². The Bertz CT molecular complexity index is 1330. The molecule has 33 heavy (non-hydrogen) atoms. The van der Waals surface area contributed by atoms with Gasteiger partial charge in [-0.05, 0) is 54.4 Å². The zero-order valence-corrected chi connectivity index (χ0v) is 17.9. The molecule has 0 aliphatic heterocycles. The van der Waals surface area contributed by atoms with Crippen molar-refractivity contribution in [2.24, 2.45) is 5.73 Å². The van der Waals surface area contributed by atoms with E-state index in [0.29, 0.717) is 16.8 Å². The van der Waals surface area contributed by atoms with Crippen LogP contribution in [-0.2, 0) is 6.42 Å². The predicted octanol–water partition coefficient (Wildman–Crippen LogP) is 6.11. The molecule has 10 heteroatoms. The Morgan fingerprint density at radius 3 is 2.58 bits per heavy atom. The van der Waals surface area contributed by atoms with Gasteiger partial charge in [-0.3, -0.25) is 4.79 Å². The van der Waals surface area contributed by atoms with Gasteiger partial charge in [-0.2, -0.15) is 0 Å². The van der Waals surface area contributed by atoms with Crippen LogP contribution in [0.4, 0.5) is 17.6 Å². The van der Waals surface area contributed by atoms with Gasteiger partial charge in [0.15, 0.2) is 0 Å². The van der Waals surface area contributed by atoms with Crippen molar-refractivity contribution in [2.75, 3.05) is 0 Å². The number of carbonyl (C=O) groups is 1. The minimum absolute atomic E-state index is 0.148. The number of hydrogen-bond acceptors (Lipinski definition) is 5. The summed E-state index contributed by atoms with van der Waals surface area (Å²) in [6, 6.07) is 13.9. The first-order valence-corrected chi connectivity index (χ1v) is 10.4. The number of thiophene rings is 1. The molecule has 170 valence electrons. The van der Waals surface area contributed by atoms with Crippen LogP contribution in [0.2, 0.25) is 0 Å². The highest BCUT2D eigenvalue weighted by Crippen LogP contribution is 2.36. The van der Waals surface area contributed by atoms with Gasteiger partial charge in [0.25, 0.3) is 5.91 Å². The van der Waals surface area contributed by atoms with E-state index in [-0.39, 0.29) is 29.1 Å². The van der Waals surface area contributed by atoms with E-state index in [2.05, 4.69) is 9.89 Å². The Kier molecular flexibility index (Phi) is 5.94. The Balaban J connectivity index is 1.63. The van der Waals surface area contributed by atoms with Crippen molar-refractivity contribution in [3.8, 4) is 27.3 Å². The molecule has 2 aromatic carbocycles. The van der Waals surface area contributed by atoms with Gasteiger partial charge in [0.05, 0.1) is 11.3 Å². The highest BCUT2D eigenvalue weighted by molar-refractivity contribution is 7.15. The number of carbonyl (C=O) groups excluding carboxylic acids is 1. The van der Waals surface area contributed by atoms with Crippen molar-refractivity contribution >= 4 is 17.2 Å². The number of hydrogen-bond donors (Lipinski definition) is 1. The fourth-order valence-corrected chi connectivity index (χ4v) is 4.40. The molecule has 2 aromatic heterocycles. The second-order valence-electron chi connectivity index (χ2n) is 7.15. The van der Waals surface area contributed by atoms with Gasteiger partial charge in [-0.15, -0.1) is 24.5 Å². The molecule has 0 bridgehead atoms.